The molecule has 4 rings (SSSR count). The number of aromatic nitrogens is 3. The number of anilines is 2. The molecule has 1 aliphatic carbocycles. The van der Waals surface area contributed by atoms with Crippen LogP contribution in [0.4, 0.5) is 11.5 Å². The van der Waals surface area contributed by atoms with Gasteiger partial charge < -0.3 is 20.4 Å². The first-order valence-electron chi connectivity index (χ1n) is 10.7. The molecule has 0 radical (unpaired) electrons. The molecule has 1 fully saturated rings. The van der Waals surface area contributed by atoms with E-state index in [0.717, 1.165) is 36.6 Å². The average molecular weight is 440 g/mol. The van der Waals surface area contributed by atoms with Crippen molar-refractivity contribution in [2.45, 2.75) is 44.2 Å². The van der Waals surface area contributed by atoms with Crippen molar-refractivity contribution in [3.05, 3.63) is 47.4 Å². The van der Waals surface area contributed by atoms with Crippen LogP contribution in [0, 0.1) is 5.21 Å². The van der Waals surface area contributed by atoms with Crippen molar-refractivity contribution in [1.29, 1.82) is 0 Å². The van der Waals surface area contributed by atoms with Crippen LogP contribution in [0.25, 0.3) is 10.9 Å². The van der Waals surface area contributed by atoms with Crippen LogP contribution in [-0.4, -0.2) is 47.6 Å². The fourth-order valence-electron chi connectivity index (χ4n) is 4.18. The summed E-state index contributed by atoms with van der Waals surface area (Å²) >= 11 is 0. The van der Waals surface area contributed by atoms with Crippen molar-refractivity contribution < 1.29 is 19.4 Å². The first kappa shape index (κ1) is 21.9. The Morgan fingerprint density at radius 2 is 2.06 bits per heavy atom. The summed E-state index contributed by atoms with van der Waals surface area (Å²) < 4.78 is 8.02. The molecular formula is C23H29N5O4. The molecule has 0 atom stereocenters. The molecule has 0 unspecified atom stereocenters. The summed E-state index contributed by atoms with van der Waals surface area (Å²) in [7, 11) is 5.01. The highest BCUT2D eigenvalue weighted by atomic mass is 16.5. The number of fused-ring (bicyclic) bond motifs is 1. The van der Waals surface area contributed by atoms with Gasteiger partial charge in [-0.05, 0) is 50.8 Å². The highest BCUT2D eigenvalue weighted by molar-refractivity contribution is 6.04. The van der Waals surface area contributed by atoms with Gasteiger partial charge in [0.25, 0.3) is 11.7 Å². The van der Waals surface area contributed by atoms with Crippen LogP contribution in [0.2, 0.25) is 0 Å². The number of nitrogens with one attached hydrogen (secondary N) is 1. The third-order valence-electron chi connectivity index (χ3n) is 6.12. The van der Waals surface area contributed by atoms with Crippen LogP contribution in [0.3, 0.4) is 0 Å². The summed E-state index contributed by atoms with van der Waals surface area (Å²) in [6.45, 7) is 1.88. The molecule has 0 saturated heterocycles. The Labute approximate surface area is 186 Å². The quantitative estimate of drug-likeness (QED) is 0.468. The fraction of sp³-hybridized carbons (Fsp3) is 0.435. The molecule has 0 bridgehead atoms. The molecule has 2 aromatic heterocycles. The van der Waals surface area contributed by atoms with E-state index in [1.807, 2.05) is 17.8 Å². The average Bonchev–Trinajstić information content (AvgIpc) is 3.15. The maximum atomic E-state index is 12.9. The molecule has 9 heteroatoms. The number of benzene rings is 1. The molecule has 3 aromatic rings. The molecule has 0 spiro atoms. The Morgan fingerprint density at radius 1 is 1.34 bits per heavy atom. The molecule has 2 N–H and O–H groups in total. The van der Waals surface area contributed by atoms with E-state index < -0.39 is 11.5 Å². The van der Waals surface area contributed by atoms with Gasteiger partial charge in [-0.3, -0.25) is 14.4 Å². The molecule has 2 heterocycles. The zero-order valence-corrected chi connectivity index (χ0v) is 18.8. The van der Waals surface area contributed by atoms with Crippen molar-refractivity contribution in [1.82, 2.24) is 9.78 Å². The highest BCUT2D eigenvalue weighted by Crippen LogP contribution is 2.36. The summed E-state index contributed by atoms with van der Waals surface area (Å²) in [5.41, 5.74) is 0.604. The van der Waals surface area contributed by atoms with E-state index in [1.165, 1.54) is 13.2 Å². The van der Waals surface area contributed by atoms with Gasteiger partial charge in [0.15, 0.2) is 5.69 Å². The third kappa shape index (κ3) is 4.20. The molecule has 0 aliphatic heterocycles. The summed E-state index contributed by atoms with van der Waals surface area (Å²) in [5, 5.41) is 31.2. The first-order chi connectivity index (χ1) is 15.2. The topological polar surface area (TPSA) is 107 Å². The lowest BCUT2D eigenvalue weighted by molar-refractivity contribution is -0.594. The standard InChI is InChI=1S/C23H29N5O4/c1-23(30)10-8-16(9-11-23)27-14-15-12-18(20(32-4)13-17(15)25-27)24-22(29)19-6-5-7-21(26(2)3)28(19)31/h5-7,12-14,16,30H,8-11H2,1-4H3,(H,24,29). The summed E-state index contributed by atoms with van der Waals surface area (Å²) in [5.74, 6) is 0.306. The van der Waals surface area contributed by atoms with Crippen molar-refractivity contribution >= 4 is 28.3 Å². The van der Waals surface area contributed by atoms with Crippen molar-refractivity contribution in [3.8, 4) is 5.75 Å². The lowest BCUT2D eigenvalue weighted by Crippen LogP contribution is -2.41. The maximum Gasteiger partial charge on any atom is 0.296 e. The first-order valence-corrected chi connectivity index (χ1v) is 10.7. The number of carbonyl (C=O) groups is 1. The predicted molar refractivity (Wildman–Crippen MR) is 122 cm³/mol. The second kappa shape index (κ2) is 8.31. The maximum absolute atomic E-state index is 12.9. The second-order valence-electron chi connectivity index (χ2n) is 8.86. The second-order valence-corrected chi connectivity index (χ2v) is 8.86. The lowest BCUT2D eigenvalue weighted by atomic mass is 9.84. The van der Waals surface area contributed by atoms with Gasteiger partial charge in [0.05, 0.1) is 44.1 Å². The molecule has 9 nitrogen and oxygen atoms in total. The number of hydrogen-bond acceptors (Lipinski definition) is 6. The van der Waals surface area contributed by atoms with Gasteiger partial charge in [0, 0.05) is 23.7 Å². The van der Waals surface area contributed by atoms with E-state index in [2.05, 4.69) is 5.32 Å². The monoisotopic (exact) mass is 439 g/mol. The van der Waals surface area contributed by atoms with Gasteiger partial charge in [0.1, 0.15) is 5.75 Å². The summed E-state index contributed by atoms with van der Waals surface area (Å²) in [4.78, 5) is 14.5. The Morgan fingerprint density at radius 3 is 2.72 bits per heavy atom. The zero-order valence-electron chi connectivity index (χ0n) is 18.8. The van der Waals surface area contributed by atoms with Crippen LogP contribution < -0.4 is 19.7 Å². The summed E-state index contributed by atoms with van der Waals surface area (Å²) in [6.07, 6.45) is 5.13. The molecule has 170 valence electrons. The van der Waals surface area contributed by atoms with Gasteiger partial charge >= 0.3 is 0 Å². The van der Waals surface area contributed by atoms with Crippen LogP contribution in [0.15, 0.2) is 36.5 Å². The number of methoxy groups -OCH3 is 1. The van der Waals surface area contributed by atoms with Crippen molar-refractivity contribution in [2.75, 3.05) is 31.4 Å². The largest absolute Gasteiger partial charge is 0.710 e. The van der Waals surface area contributed by atoms with Gasteiger partial charge in [-0.1, -0.05) is 0 Å². The van der Waals surface area contributed by atoms with E-state index >= 15 is 0 Å². The number of rotatable bonds is 5. The zero-order chi connectivity index (χ0) is 23.0. The van der Waals surface area contributed by atoms with E-state index in [0.29, 0.717) is 22.0 Å². The number of aliphatic hydroxyl groups is 1. The molecule has 1 aromatic carbocycles. The van der Waals surface area contributed by atoms with Crippen LogP contribution >= 0.6 is 0 Å². The van der Waals surface area contributed by atoms with Crippen molar-refractivity contribution in [3.63, 3.8) is 0 Å². The summed E-state index contributed by atoms with van der Waals surface area (Å²) in [6, 6.07) is 8.61. The minimum absolute atomic E-state index is 0.0108. The number of hydrogen-bond donors (Lipinski definition) is 2. The van der Waals surface area contributed by atoms with Gasteiger partial charge in [-0.15, -0.1) is 0 Å². The number of nitrogens with zero attached hydrogens (tertiary/aromatic N) is 4. The lowest BCUT2D eigenvalue weighted by Gasteiger charge is -2.33. The normalized spacial score (nSPS) is 20.8. The smallest absolute Gasteiger partial charge is 0.296 e. The van der Waals surface area contributed by atoms with Gasteiger partial charge in [0.2, 0.25) is 0 Å². The van der Waals surface area contributed by atoms with E-state index in [4.69, 9.17) is 9.84 Å². The molecule has 1 saturated carbocycles. The van der Waals surface area contributed by atoms with E-state index in [-0.39, 0.29) is 11.7 Å². The van der Waals surface area contributed by atoms with E-state index in [1.54, 1.807) is 43.3 Å². The van der Waals surface area contributed by atoms with Crippen LogP contribution in [-0.2, 0) is 0 Å². The molecular weight excluding hydrogens is 410 g/mol. The Bertz CT molecular complexity index is 1140. The Hall–Kier alpha value is -3.33. The highest BCUT2D eigenvalue weighted by Gasteiger charge is 2.30. The van der Waals surface area contributed by atoms with Crippen molar-refractivity contribution in [2.24, 2.45) is 0 Å². The van der Waals surface area contributed by atoms with Gasteiger partial charge in [-0.25, -0.2) is 4.73 Å². The van der Waals surface area contributed by atoms with Crippen LogP contribution in [0.1, 0.15) is 49.1 Å². The number of ether oxygens (including phenoxy) is 1. The minimum Gasteiger partial charge on any atom is -0.710 e. The number of pyridine rings is 1. The number of amides is 1. The SMILES string of the molecule is COc1cc2nn(C3CCC(C)(O)CC3)cc2cc1NC(=O)c1cccc(N(C)C)[n+]1[O-]. The Kier molecular flexibility index (Phi) is 5.68. The third-order valence-corrected chi connectivity index (χ3v) is 6.12. The van der Waals surface area contributed by atoms with E-state index in [9.17, 15) is 15.1 Å². The van der Waals surface area contributed by atoms with Crippen LogP contribution in [0.5, 0.6) is 5.75 Å². The molecule has 32 heavy (non-hydrogen) atoms. The fourth-order valence-corrected chi connectivity index (χ4v) is 4.18. The molecule has 1 amide bonds. The number of carbonyl (C=O) groups excluding carboxylic acids is 1. The Balaban J connectivity index is 1.62. The minimum atomic E-state index is -0.605. The molecule has 1 aliphatic rings. The van der Waals surface area contributed by atoms with Gasteiger partial charge in [-0.2, -0.15) is 5.10 Å². The predicted octanol–water partition coefficient (Wildman–Crippen LogP) is 2.86.